The maximum absolute atomic E-state index is 12.6. The summed E-state index contributed by atoms with van der Waals surface area (Å²) in [4.78, 5) is 12.1. The van der Waals surface area contributed by atoms with Gasteiger partial charge in [0.1, 0.15) is 11.5 Å². The molecule has 0 bridgehead atoms. The van der Waals surface area contributed by atoms with Crippen molar-refractivity contribution >= 4 is 44.8 Å². The third-order valence-corrected chi connectivity index (χ3v) is 6.40. The average molecular weight is 509 g/mol. The Kier molecular flexibility index (Phi) is 8.43. The summed E-state index contributed by atoms with van der Waals surface area (Å²) in [7, 11) is -3.78. The maximum atomic E-state index is 12.6. The number of carbonyl (C=O) groups is 1. The number of amides is 1. The highest BCUT2D eigenvalue weighted by Crippen LogP contribution is 2.22. The first-order valence-electron chi connectivity index (χ1n) is 9.96. The van der Waals surface area contributed by atoms with Gasteiger partial charge in [-0.05, 0) is 73.2 Å². The molecule has 0 aliphatic carbocycles. The molecule has 0 saturated carbocycles. The predicted molar refractivity (Wildman–Crippen MR) is 129 cm³/mol. The van der Waals surface area contributed by atoms with Crippen LogP contribution in [-0.2, 0) is 21.4 Å². The van der Waals surface area contributed by atoms with Crippen LogP contribution in [0.15, 0.2) is 71.6 Å². The topological polar surface area (TPSA) is 93.7 Å². The number of anilines is 1. The van der Waals surface area contributed by atoms with E-state index in [4.69, 9.17) is 32.7 Å². The number of halogens is 2. The molecule has 0 saturated heterocycles. The summed E-state index contributed by atoms with van der Waals surface area (Å²) in [5.74, 6) is 0.659. The van der Waals surface area contributed by atoms with Gasteiger partial charge in [0.25, 0.3) is 15.9 Å². The molecule has 0 aromatic heterocycles. The van der Waals surface area contributed by atoms with Gasteiger partial charge in [-0.25, -0.2) is 8.42 Å². The van der Waals surface area contributed by atoms with Crippen molar-refractivity contribution in [1.82, 2.24) is 5.32 Å². The third-order valence-electron chi connectivity index (χ3n) is 4.41. The van der Waals surface area contributed by atoms with Crippen molar-refractivity contribution in [3.05, 3.63) is 82.3 Å². The monoisotopic (exact) mass is 508 g/mol. The first-order valence-corrected chi connectivity index (χ1v) is 12.2. The fourth-order valence-electron chi connectivity index (χ4n) is 2.77. The molecule has 0 atom stereocenters. The molecule has 0 aliphatic heterocycles. The van der Waals surface area contributed by atoms with E-state index in [1.165, 1.54) is 24.3 Å². The van der Waals surface area contributed by atoms with Crippen LogP contribution in [-0.4, -0.2) is 27.5 Å². The molecule has 0 fully saturated rings. The molecule has 0 radical (unpaired) electrons. The number of nitrogens with one attached hydrogen (secondary N) is 2. The van der Waals surface area contributed by atoms with Crippen LogP contribution < -0.4 is 19.5 Å². The Morgan fingerprint density at radius 1 is 0.909 bits per heavy atom. The second-order valence-corrected chi connectivity index (χ2v) is 9.36. The molecule has 174 valence electrons. The summed E-state index contributed by atoms with van der Waals surface area (Å²) in [6, 6.07) is 17.4. The van der Waals surface area contributed by atoms with E-state index in [0.717, 1.165) is 5.56 Å². The first kappa shape index (κ1) is 24.7. The Hall–Kier alpha value is -2.94. The summed E-state index contributed by atoms with van der Waals surface area (Å²) in [6.45, 7) is 2.39. The molecule has 10 heteroatoms. The van der Waals surface area contributed by atoms with Crippen LogP contribution in [0.1, 0.15) is 12.5 Å². The highest BCUT2D eigenvalue weighted by Gasteiger charge is 2.14. The lowest BCUT2D eigenvalue weighted by atomic mass is 10.2. The zero-order valence-electron chi connectivity index (χ0n) is 17.7. The van der Waals surface area contributed by atoms with Crippen LogP contribution in [0, 0.1) is 0 Å². The quantitative estimate of drug-likeness (QED) is 0.406. The number of carbonyl (C=O) groups excluding carboxylic acids is 1. The van der Waals surface area contributed by atoms with Crippen molar-refractivity contribution in [3.8, 4) is 11.5 Å². The number of benzene rings is 3. The minimum Gasteiger partial charge on any atom is -0.494 e. The number of rotatable bonds is 10. The Morgan fingerprint density at radius 2 is 1.55 bits per heavy atom. The largest absolute Gasteiger partial charge is 0.494 e. The molecule has 0 unspecified atom stereocenters. The van der Waals surface area contributed by atoms with Gasteiger partial charge < -0.3 is 14.8 Å². The highest BCUT2D eigenvalue weighted by atomic mass is 35.5. The molecule has 0 heterocycles. The van der Waals surface area contributed by atoms with Crippen LogP contribution in [0.3, 0.4) is 0 Å². The van der Waals surface area contributed by atoms with Gasteiger partial charge >= 0.3 is 0 Å². The van der Waals surface area contributed by atoms with E-state index in [2.05, 4.69) is 10.0 Å². The van der Waals surface area contributed by atoms with Gasteiger partial charge in [0.05, 0.1) is 11.5 Å². The average Bonchev–Trinajstić information content (AvgIpc) is 2.79. The first-order chi connectivity index (χ1) is 15.8. The molecule has 0 aliphatic rings. The zero-order valence-corrected chi connectivity index (χ0v) is 20.0. The number of hydrogen-bond donors (Lipinski definition) is 2. The summed E-state index contributed by atoms with van der Waals surface area (Å²) < 4.78 is 38.5. The van der Waals surface area contributed by atoms with Crippen LogP contribution >= 0.6 is 23.2 Å². The predicted octanol–water partition coefficient (Wildman–Crippen LogP) is 4.89. The Balaban J connectivity index is 1.52. The molecule has 1 amide bonds. The van der Waals surface area contributed by atoms with Crippen LogP contribution in [0.25, 0.3) is 0 Å². The lowest BCUT2D eigenvalue weighted by Crippen LogP contribution is -2.28. The molecular weight excluding hydrogens is 487 g/mol. The van der Waals surface area contributed by atoms with Gasteiger partial charge in [-0.15, -0.1) is 0 Å². The Morgan fingerprint density at radius 3 is 2.18 bits per heavy atom. The summed E-state index contributed by atoms with van der Waals surface area (Å²) in [6.07, 6.45) is 0. The minimum atomic E-state index is -3.78. The van der Waals surface area contributed by atoms with Gasteiger partial charge in [-0.2, -0.15) is 0 Å². The van der Waals surface area contributed by atoms with E-state index in [0.29, 0.717) is 33.8 Å². The number of ether oxygens (including phenoxy) is 2. The standard InChI is InChI=1S/C23H22Cl2N2O5S/c1-2-31-19-7-5-18(6-8-19)27-33(29,30)21-11-9-20(10-12-21)32-15-23(28)26-14-16-3-4-17(24)13-22(16)25/h3-13,27H,2,14-15H2,1H3,(H,26,28). The van der Waals surface area contributed by atoms with Crippen LogP contribution in [0.2, 0.25) is 10.0 Å². The highest BCUT2D eigenvalue weighted by molar-refractivity contribution is 7.92. The zero-order chi connectivity index (χ0) is 23.8. The summed E-state index contributed by atoms with van der Waals surface area (Å²) in [5.41, 5.74) is 1.14. The van der Waals surface area contributed by atoms with Gasteiger partial charge in [-0.3, -0.25) is 9.52 Å². The molecule has 3 rings (SSSR count). The van der Waals surface area contributed by atoms with Gasteiger partial charge in [0.15, 0.2) is 6.61 Å². The van der Waals surface area contributed by atoms with Crippen LogP contribution in [0.4, 0.5) is 5.69 Å². The molecule has 3 aromatic carbocycles. The lowest BCUT2D eigenvalue weighted by Gasteiger charge is -2.11. The molecule has 2 N–H and O–H groups in total. The van der Waals surface area contributed by atoms with E-state index in [-0.39, 0.29) is 24.0 Å². The third kappa shape index (κ3) is 7.28. The van der Waals surface area contributed by atoms with E-state index < -0.39 is 10.0 Å². The lowest BCUT2D eigenvalue weighted by molar-refractivity contribution is -0.123. The normalized spacial score (nSPS) is 11.0. The second kappa shape index (κ2) is 11.3. The minimum absolute atomic E-state index is 0.0607. The fourth-order valence-corrected chi connectivity index (χ4v) is 4.31. The molecule has 33 heavy (non-hydrogen) atoms. The fraction of sp³-hybridized carbons (Fsp3) is 0.174. The van der Waals surface area contributed by atoms with Crippen molar-refractivity contribution in [3.63, 3.8) is 0 Å². The number of hydrogen-bond acceptors (Lipinski definition) is 5. The van der Waals surface area contributed by atoms with Crippen molar-refractivity contribution in [2.45, 2.75) is 18.4 Å². The molecular formula is C23H22Cl2N2O5S. The van der Waals surface area contributed by atoms with E-state index >= 15 is 0 Å². The van der Waals surface area contributed by atoms with E-state index in [9.17, 15) is 13.2 Å². The second-order valence-electron chi connectivity index (χ2n) is 6.84. The Labute approximate surface area is 202 Å². The number of sulfonamides is 1. The van der Waals surface area contributed by atoms with Gasteiger partial charge in [-0.1, -0.05) is 29.3 Å². The molecule has 0 spiro atoms. The van der Waals surface area contributed by atoms with Crippen molar-refractivity contribution in [2.75, 3.05) is 17.9 Å². The van der Waals surface area contributed by atoms with Crippen LogP contribution in [0.5, 0.6) is 11.5 Å². The SMILES string of the molecule is CCOc1ccc(NS(=O)(=O)c2ccc(OCC(=O)NCc3ccc(Cl)cc3Cl)cc2)cc1. The van der Waals surface area contributed by atoms with Crippen molar-refractivity contribution < 1.29 is 22.7 Å². The van der Waals surface area contributed by atoms with Gasteiger partial charge in [0, 0.05) is 22.3 Å². The Bertz CT molecular complexity index is 1200. The maximum Gasteiger partial charge on any atom is 0.261 e. The van der Waals surface area contributed by atoms with Crippen molar-refractivity contribution in [2.24, 2.45) is 0 Å². The van der Waals surface area contributed by atoms with Crippen molar-refractivity contribution in [1.29, 1.82) is 0 Å². The molecule has 7 nitrogen and oxygen atoms in total. The molecule has 3 aromatic rings. The van der Waals surface area contributed by atoms with E-state index in [1.807, 2.05) is 6.92 Å². The summed E-state index contributed by atoms with van der Waals surface area (Å²) in [5, 5.41) is 3.67. The smallest absolute Gasteiger partial charge is 0.261 e. The van der Waals surface area contributed by atoms with Gasteiger partial charge in [0.2, 0.25) is 0 Å². The summed E-state index contributed by atoms with van der Waals surface area (Å²) >= 11 is 11.9. The van der Waals surface area contributed by atoms with E-state index in [1.54, 1.807) is 42.5 Å².